The lowest BCUT2D eigenvalue weighted by Crippen LogP contribution is -2.27. The fraction of sp³-hybridized carbons (Fsp3) is 0.412. The summed E-state index contributed by atoms with van der Waals surface area (Å²) in [5.74, 6) is -0.217. The highest BCUT2D eigenvalue weighted by Crippen LogP contribution is 2.10. The number of carbonyl (C=O) groups is 1. The first-order valence-electron chi connectivity index (χ1n) is 8.35. The highest BCUT2D eigenvalue weighted by molar-refractivity contribution is 5.92. The largest absolute Gasteiger partial charge is 0.342 e. The number of rotatable bonds is 6. The lowest BCUT2D eigenvalue weighted by atomic mass is 10.2. The van der Waals surface area contributed by atoms with Crippen molar-refractivity contribution in [3.05, 3.63) is 53.4 Å². The summed E-state index contributed by atoms with van der Waals surface area (Å²) in [4.78, 5) is 12.4. The monoisotopic (exact) mass is 341 g/mol. The number of hydrogen-bond donors (Lipinski definition) is 1. The Balaban J connectivity index is 1.65. The van der Waals surface area contributed by atoms with Crippen LogP contribution >= 0.6 is 0 Å². The van der Waals surface area contributed by atoms with Crippen LogP contribution in [0.25, 0.3) is 0 Å². The number of aryl methyl sites for hydroxylation is 3. The quantitative estimate of drug-likeness (QED) is 0.742. The zero-order valence-electron chi connectivity index (χ0n) is 15.0. The van der Waals surface area contributed by atoms with E-state index in [1.807, 2.05) is 55.4 Å². The van der Waals surface area contributed by atoms with Gasteiger partial charge in [-0.25, -0.2) is 4.68 Å². The van der Waals surface area contributed by atoms with Crippen molar-refractivity contribution in [1.29, 1.82) is 0 Å². The molecule has 25 heavy (non-hydrogen) atoms. The maximum Gasteiger partial charge on any atom is 0.272 e. The molecule has 1 amide bonds. The van der Waals surface area contributed by atoms with Crippen LogP contribution in [-0.2, 0) is 13.2 Å². The van der Waals surface area contributed by atoms with Crippen molar-refractivity contribution < 1.29 is 4.79 Å². The Labute approximate surface area is 146 Å². The molecular weight excluding hydrogens is 318 g/mol. The van der Waals surface area contributed by atoms with Gasteiger partial charge in [-0.3, -0.25) is 14.2 Å². The molecule has 0 saturated carbocycles. The van der Waals surface area contributed by atoms with Gasteiger partial charge in [-0.1, -0.05) is 0 Å². The second-order valence-corrected chi connectivity index (χ2v) is 6.10. The molecule has 3 aromatic heterocycles. The summed E-state index contributed by atoms with van der Waals surface area (Å²) in [6.07, 6.45) is 3.68. The Morgan fingerprint density at radius 1 is 1.16 bits per heavy atom. The average Bonchev–Trinajstić information content (AvgIpc) is 3.28. The normalized spacial score (nSPS) is 12.3. The maximum atomic E-state index is 12.4. The topological polar surface area (TPSA) is 82.6 Å². The summed E-state index contributed by atoms with van der Waals surface area (Å²) in [6, 6.07) is 5.45. The van der Waals surface area contributed by atoms with Crippen LogP contribution in [0.2, 0.25) is 0 Å². The Bertz CT molecular complexity index is 873. The van der Waals surface area contributed by atoms with E-state index in [0.29, 0.717) is 12.4 Å². The highest BCUT2D eigenvalue weighted by atomic mass is 16.2. The van der Waals surface area contributed by atoms with Crippen LogP contribution in [0, 0.1) is 13.8 Å². The molecule has 1 atom stereocenters. The van der Waals surface area contributed by atoms with Crippen LogP contribution in [0.15, 0.2) is 30.6 Å². The van der Waals surface area contributed by atoms with E-state index < -0.39 is 0 Å². The van der Waals surface area contributed by atoms with Gasteiger partial charge < -0.3 is 5.32 Å². The molecule has 0 aliphatic carbocycles. The molecule has 3 aromatic rings. The molecule has 8 heteroatoms. The van der Waals surface area contributed by atoms with Gasteiger partial charge in [0.15, 0.2) is 0 Å². The molecule has 0 aliphatic rings. The molecule has 0 fully saturated rings. The molecule has 3 rings (SSSR count). The Morgan fingerprint density at radius 3 is 2.56 bits per heavy atom. The summed E-state index contributed by atoms with van der Waals surface area (Å²) in [7, 11) is 0. The fourth-order valence-electron chi connectivity index (χ4n) is 2.65. The van der Waals surface area contributed by atoms with Gasteiger partial charge in [0, 0.05) is 24.6 Å². The van der Waals surface area contributed by atoms with Crippen molar-refractivity contribution >= 4 is 5.91 Å². The van der Waals surface area contributed by atoms with Gasteiger partial charge in [0.05, 0.1) is 17.4 Å². The fourth-order valence-corrected chi connectivity index (χ4v) is 2.65. The SMILES string of the molecule is CCn1ccc(C(C)NC(=O)c2ccn(Cn3nc(C)cc3C)n2)n1. The van der Waals surface area contributed by atoms with Crippen molar-refractivity contribution in [2.75, 3.05) is 0 Å². The first-order valence-corrected chi connectivity index (χ1v) is 8.35. The van der Waals surface area contributed by atoms with E-state index >= 15 is 0 Å². The van der Waals surface area contributed by atoms with E-state index in [2.05, 4.69) is 20.6 Å². The highest BCUT2D eigenvalue weighted by Gasteiger charge is 2.16. The molecule has 0 radical (unpaired) electrons. The van der Waals surface area contributed by atoms with E-state index in [9.17, 15) is 4.79 Å². The molecule has 1 unspecified atom stereocenters. The molecule has 0 aliphatic heterocycles. The van der Waals surface area contributed by atoms with Crippen LogP contribution in [0.3, 0.4) is 0 Å². The number of hydrogen-bond acceptors (Lipinski definition) is 4. The minimum atomic E-state index is -0.217. The second-order valence-electron chi connectivity index (χ2n) is 6.10. The molecular formula is C17H23N7O. The number of nitrogens with one attached hydrogen (secondary N) is 1. The first-order chi connectivity index (χ1) is 12.0. The standard InChI is InChI=1S/C17H23N7O/c1-5-22-8-6-15(20-22)14(4)18-17(25)16-7-9-23(21-16)11-24-13(3)10-12(2)19-24/h6-10,14H,5,11H2,1-4H3,(H,18,25). The van der Waals surface area contributed by atoms with Crippen molar-refractivity contribution in [3.63, 3.8) is 0 Å². The van der Waals surface area contributed by atoms with Gasteiger partial charge in [-0.2, -0.15) is 15.3 Å². The Kier molecular flexibility index (Phi) is 4.69. The van der Waals surface area contributed by atoms with Gasteiger partial charge in [0.1, 0.15) is 12.4 Å². The van der Waals surface area contributed by atoms with E-state index in [-0.39, 0.29) is 11.9 Å². The molecule has 8 nitrogen and oxygen atoms in total. The number of nitrogens with zero attached hydrogens (tertiary/aromatic N) is 6. The summed E-state index contributed by atoms with van der Waals surface area (Å²) >= 11 is 0. The number of carbonyl (C=O) groups excluding carboxylic acids is 1. The van der Waals surface area contributed by atoms with Crippen molar-refractivity contribution in [2.24, 2.45) is 0 Å². The van der Waals surface area contributed by atoms with Gasteiger partial charge in [0.25, 0.3) is 5.91 Å². The molecule has 132 valence electrons. The minimum Gasteiger partial charge on any atom is -0.342 e. The van der Waals surface area contributed by atoms with Crippen LogP contribution in [0.5, 0.6) is 0 Å². The van der Waals surface area contributed by atoms with Gasteiger partial charge in [-0.05, 0) is 45.9 Å². The third kappa shape index (κ3) is 3.78. The smallest absolute Gasteiger partial charge is 0.272 e. The third-order valence-electron chi connectivity index (χ3n) is 4.03. The lowest BCUT2D eigenvalue weighted by molar-refractivity contribution is 0.0933. The molecule has 0 saturated heterocycles. The minimum absolute atomic E-state index is 0.179. The molecule has 0 bridgehead atoms. The van der Waals surface area contributed by atoms with E-state index in [1.54, 1.807) is 16.9 Å². The van der Waals surface area contributed by atoms with Gasteiger partial charge in [0.2, 0.25) is 0 Å². The predicted molar refractivity (Wildman–Crippen MR) is 93.1 cm³/mol. The average molecular weight is 341 g/mol. The lowest BCUT2D eigenvalue weighted by Gasteiger charge is -2.10. The summed E-state index contributed by atoms with van der Waals surface area (Å²) < 4.78 is 5.38. The van der Waals surface area contributed by atoms with Gasteiger partial charge >= 0.3 is 0 Å². The molecule has 1 N–H and O–H groups in total. The molecule has 0 aromatic carbocycles. The number of amides is 1. The Morgan fingerprint density at radius 2 is 1.92 bits per heavy atom. The summed E-state index contributed by atoms with van der Waals surface area (Å²) in [5.41, 5.74) is 3.22. The van der Waals surface area contributed by atoms with Crippen LogP contribution in [-0.4, -0.2) is 35.2 Å². The first kappa shape index (κ1) is 16.9. The maximum absolute atomic E-state index is 12.4. The number of aromatic nitrogens is 6. The van der Waals surface area contributed by atoms with Crippen molar-refractivity contribution in [1.82, 2.24) is 34.7 Å². The molecule has 3 heterocycles. The summed E-state index contributed by atoms with van der Waals surface area (Å²) in [5, 5.41) is 16.1. The summed E-state index contributed by atoms with van der Waals surface area (Å²) in [6.45, 7) is 9.16. The van der Waals surface area contributed by atoms with E-state index in [4.69, 9.17) is 0 Å². The third-order valence-corrected chi connectivity index (χ3v) is 4.03. The van der Waals surface area contributed by atoms with Crippen molar-refractivity contribution in [2.45, 2.75) is 47.0 Å². The molecule has 0 spiro atoms. The van der Waals surface area contributed by atoms with Crippen LogP contribution in [0.4, 0.5) is 0 Å². The van der Waals surface area contributed by atoms with Crippen molar-refractivity contribution in [3.8, 4) is 0 Å². The van der Waals surface area contributed by atoms with Crippen LogP contribution in [0.1, 0.15) is 47.5 Å². The zero-order valence-corrected chi connectivity index (χ0v) is 15.0. The van der Waals surface area contributed by atoms with E-state index in [1.165, 1.54) is 0 Å². The zero-order chi connectivity index (χ0) is 18.0. The van der Waals surface area contributed by atoms with E-state index in [0.717, 1.165) is 23.6 Å². The van der Waals surface area contributed by atoms with Crippen LogP contribution < -0.4 is 5.32 Å². The second kappa shape index (κ2) is 6.92. The predicted octanol–water partition coefficient (Wildman–Crippen LogP) is 1.91. The van der Waals surface area contributed by atoms with Gasteiger partial charge in [-0.15, -0.1) is 0 Å². The Hall–Kier alpha value is -2.90.